The Kier molecular flexibility index (Phi) is 3.80. The van der Waals surface area contributed by atoms with Gasteiger partial charge < -0.3 is 5.32 Å². The van der Waals surface area contributed by atoms with Crippen molar-refractivity contribution in [2.45, 2.75) is 6.42 Å². The molecule has 100 valence electrons. The lowest BCUT2D eigenvalue weighted by molar-refractivity contribution is -0.115. The normalized spacial score (nSPS) is 11.4. The van der Waals surface area contributed by atoms with Gasteiger partial charge in [0.25, 0.3) is 0 Å². The van der Waals surface area contributed by atoms with Crippen LogP contribution in [0, 0.1) is 0 Å². The third kappa shape index (κ3) is 3.75. The van der Waals surface area contributed by atoms with Crippen molar-refractivity contribution in [2.24, 2.45) is 0 Å². The maximum atomic E-state index is 11.7. The van der Waals surface area contributed by atoms with Crippen LogP contribution >= 0.6 is 0 Å². The first kappa shape index (κ1) is 13.5. The van der Waals surface area contributed by atoms with Gasteiger partial charge in [0, 0.05) is 24.3 Å². The molecule has 0 saturated heterocycles. The molecule has 2 rings (SSSR count). The van der Waals surface area contributed by atoms with E-state index in [0.717, 1.165) is 11.6 Å². The van der Waals surface area contributed by atoms with E-state index in [1.807, 2.05) is 24.3 Å². The Morgan fingerprint density at radius 3 is 2.74 bits per heavy atom. The number of nitrogens with zero attached hydrogens (tertiary/aromatic N) is 1. The number of sulfone groups is 1. The summed E-state index contributed by atoms with van der Waals surface area (Å²) >= 11 is 0. The van der Waals surface area contributed by atoms with Crippen LogP contribution in [0.4, 0.5) is 5.69 Å². The van der Waals surface area contributed by atoms with E-state index in [9.17, 15) is 13.2 Å². The van der Waals surface area contributed by atoms with Crippen LogP contribution in [-0.2, 0) is 14.6 Å². The maximum absolute atomic E-state index is 11.7. The van der Waals surface area contributed by atoms with Crippen molar-refractivity contribution in [3.8, 4) is 0 Å². The van der Waals surface area contributed by atoms with Gasteiger partial charge in [-0.1, -0.05) is 18.2 Å². The van der Waals surface area contributed by atoms with Gasteiger partial charge in [0.05, 0.1) is 17.0 Å². The molecule has 19 heavy (non-hydrogen) atoms. The molecule has 0 bridgehead atoms. The molecule has 1 amide bonds. The number of carbonyl (C=O) groups is 1. The van der Waals surface area contributed by atoms with Crippen LogP contribution in [-0.4, -0.2) is 31.3 Å². The molecule has 1 N–H and O–H groups in total. The number of aromatic nitrogens is 1. The van der Waals surface area contributed by atoms with Crippen molar-refractivity contribution >= 4 is 32.3 Å². The molecule has 0 aliphatic heterocycles. The number of benzene rings is 1. The van der Waals surface area contributed by atoms with Gasteiger partial charge in [0.15, 0.2) is 0 Å². The van der Waals surface area contributed by atoms with Crippen LogP contribution in [0.1, 0.15) is 6.42 Å². The first-order valence-corrected chi connectivity index (χ1v) is 7.83. The highest BCUT2D eigenvalue weighted by atomic mass is 32.2. The van der Waals surface area contributed by atoms with E-state index in [2.05, 4.69) is 10.3 Å². The summed E-state index contributed by atoms with van der Waals surface area (Å²) in [6, 6.07) is 9.17. The lowest BCUT2D eigenvalue weighted by Crippen LogP contribution is -2.16. The molecule has 2 aromatic rings. The quantitative estimate of drug-likeness (QED) is 0.921. The van der Waals surface area contributed by atoms with E-state index in [4.69, 9.17) is 0 Å². The van der Waals surface area contributed by atoms with Gasteiger partial charge in [0.2, 0.25) is 5.91 Å². The number of carbonyl (C=O) groups excluding carboxylic acids is 1. The van der Waals surface area contributed by atoms with Crippen molar-refractivity contribution in [1.82, 2.24) is 4.98 Å². The molecule has 0 aliphatic rings. The summed E-state index contributed by atoms with van der Waals surface area (Å²) in [6.45, 7) is 0. The van der Waals surface area contributed by atoms with Crippen LogP contribution in [0.5, 0.6) is 0 Å². The summed E-state index contributed by atoms with van der Waals surface area (Å²) in [5.41, 5.74) is 1.29. The number of pyridine rings is 1. The Balaban J connectivity index is 2.15. The van der Waals surface area contributed by atoms with Crippen molar-refractivity contribution in [1.29, 1.82) is 0 Å². The Labute approximate surface area is 111 Å². The molecule has 0 spiro atoms. The Hall–Kier alpha value is -1.95. The Morgan fingerprint density at radius 1 is 1.26 bits per heavy atom. The van der Waals surface area contributed by atoms with E-state index in [1.54, 1.807) is 12.3 Å². The van der Waals surface area contributed by atoms with Gasteiger partial charge in [-0.05, 0) is 12.1 Å². The van der Waals surface area contributed by atoms with Gasteiger partial charge >= 0.3 is 0 Å². The molecular weight excluding hydrogens is 264 g/mol. The Bertz CT molecular complexity index is 705. The fraction of sp³-hybridized carbons (Fsp3) is 0.231. The highest BCUT2D eigenvalue weighted by Gasteiger charge is 2.10. The zero-order valence-corrected chi connectivity index (χ0v) is 11.3. The molecule has 1 aromatic heterocycles. The molecule has 6 heteroatoms. The largest absolute Gasteiger partial charge is 0.324 e. The van der Waals surface area contributed by atoms with Crippen LogP contribution in [0.2, 0.25) is 0 Å². The minimum atomic E-state index is -3.13. The van der Waals surface area contributed by atoms with E-state index in [0.29, 0.717) is 11.2 Å². The van der Waals surface area contributed by atoms with Gasteiger partial charge in [-0.15, -0.1) is 0 Å². The number of rotatable bonds is 4. The molecule has 5 nitrogen and oxygen atoms in total. The summed E-state index contributed by atoms with van der Waals surface area (Å²) < 4.78 is 22.0. The predicted octanol–water partition coefficient (Wildman–Crippen LogP) is 1.61. The second kappa shape index (κ2) is 5.36. The fourth-order valence-corrected chi connectivity index (χ4v) is 2.25. The average Bonchev–Trinajstić information content (AvgIpc) is 2.36. The van der Waals surface area contributed by atoms with E-state index < -0.39 is 9.84 Å². The number of nitrogens with one attached hydrogen (secondary N) is 1. The van der Waals surface area contributed by atoms with Crippen molar-refractivity contribution in [3.05, 3.63) is 36.5 Å². The van der Waals surface area contributed by atoms with Gasteiger partial charge in [-0.3, -0.25) is 9.78 Å². The Morgan fingerprint density at radius 2 is 2.00 bits per heavy atom. The van der Waals surface area contributed by atoms with Gasteiger partial charge in [-0.2, -0.15) is 0 Å². The van der Waals surface area contributed by atoms with Crippen LogP contribution < -0.4 is 5.32 Å². The third-order valence-corrected chi connectivity index (χ3v) is 3.55. The first-order valence-electron chi connectivity index (χ1n) is 5.77. The molecule has 1 aromatic carbocycles. The third-order valence-electron chi connectivity index (χ3n) is 2.61. The zero-order chi connectivity index (χ0) is 13.9. The smallest absolute Gasteiger partial charge is 0.225 e. The lowest BCUT2D eigenvalue weighted by Gasteiger charge is -2.07. The van der Waals surface area contributed by atoms with Crippen molar-refractivity contribution in [2.75, 3.05) is 17.3 Å². The number of hydrogen-bond acceptors (Lipinski definition) is 4. The average molecular weight is 278 g/mol. The summed E-state index contributed by atoms with van der Waals surface area (Å²) in [5.74, 6) is -0.486. The molecule has 0 atom stereocenters. The SMILES string of the molecule is CS(=O)(=O)CCC(=O)Nc1cccc2cccnc12. The van der Waals surface area contributed by atoms with Crippen LogP contribution in [0.3, 0.4) is 0 Å². The number of hydrogen-bond donors (Lipinski definition) is 1. The monoisotopic (exact) mass is 278 g/mol. The second-order valence-electron chi connectivity index (χ2n) is 4.31. The summed E-state index contributed by atoms with van der Waals surface area (Å²) in [4.78, 5) is 15.9. The highest BCUT2D eigenvalue weighted by Crippen LogP contribution is 2.20. The summed E-state index contributed by atoms with van der Waals surface area (Å²) in [7, 11) is -3.13. The van der Waals surface area contributed by atoms with Crippen molar-refractivity contribution in [3.63, 3.8) is 0 Å². The maximum Gasteiger partial charge on any atom is 0.225 e. The number of amides is 1. The lowest BCUT2D eigenvalue weighted by atomic mass is 10.2. The highest BCUT2D eigenvalue weighted by molar-refractivity contribution is 7.90. The van der Waals surface area contributed by atoms with E-state index in [1.165, 1.54) is 0 Å². The summed E-state index contributed by atoms with van der Waals surface area (Å²) in [5, 5.41) is 3.61. The molecule has 0 unspecified atom stereocenters. The van der Waals surface area contributed by atoms with Gasteiger partial charge in [0.1, 0.15) is 9.84 Å². The topological polar surface area (TPSA) is 76.1 Å². The fourth-order valence-electron chi connectivity index (χ4n) is 1.70. The molecule has 0 fully saturated rings. The van der Waals surface area contributed by atoms with E-state index >= 15 is 0 Å². The minimum absolute atomic E-state index is 0.0535. The molecule has 0 aliphatic carbocycles. The molecular formula is C13H14N2O3S. The minimum Gasteiger partial charge on any atom is -0.324 e. The van der Waals surface area contributed by atoms with Crippen LogP contribution in [0.15, 0.2) is 36.5 Å². The van der Waals surface area contributed by atoms with Crippen LogP contribution in [0.25, 0.3) is 10.9 Å². The number of fused-ring (bicyclic) bond motifs is 1. The van der Waals surface area contributed by atoms with E-state index in [-0.39, 0.29) is 18.1 Å². The molecule has 1 heterocycles. The standard InChI is InChI=1S/C13H14N2O3S/c1-19(17,18)9-7-12(16)15-11-6-2-4-10-5-3-8-14-13(10)11/h2-6,8H,7,9H2,1H3,(H,15,16). The summed E-state index contributed by atoms with van der Waals surface area (Å²) in [6.07, 6.45) is 2.70. The van der Waals surface area contributed by atoms with Gasteiger partial charge in [-0.25, -0.2) is 8.42 Å². The number of anilines is 1. The van der Waals surface area contributed by atoms with Crippen molar-refractivity contribution < 1.29 is 13.2 Å². The number of para-hydroxylation sites is 1. The molecule has 0 radical (unpaired) electrons. The predicted molar refractivity (Wildman–Crippen MR) is 74.7 cm³/mol. The molecule has 0 saturated carbocycles. The first-order chi connectivity index (χ1) is 8.96. The zero-order valence-electron chi connectivity index (χ0n) is 10.5. The second-order valence-corrected chi connectivity index (χ2v) is 6.57.